The third-order valence-electron chi connectivity index (χ3n) is 5.59. The zero-order valence-electron chi connectivity index (χ0n) is 18.4. The van der Waals surface area contributed by atoms with E-state index >= 15 is 0 Å². The molecule has 2 N–H and O–H groups in total. The zero-order valence-corrected chi connectivity index (χ0v) is 20.6. The van der Waals surface area contributed by atoms with E-state index in [0.29, 0.717) is 13.0 Å². The summed E-state index contributed by atoms with van der Waals surface area (Å²) in [5, 5.41) is 12.1. The minimum atomic E-state index is -0.599. The fraction of sp³-hybridized carbons (Fsp3) is 0.222. The van der Waals surface area contributed by atoms with E-state index in [9.17, 15) is 14.3 Å². The Labute approximate surface area is 211 Å². The summed E-state index contributed by atoms with van der Waals surface area (Å²) in [6, 6.07) is 21.7. The van der Waals surface area contributed by atoms with Gasteiger partial charge in [-0.1, -0.05) is 48.5 Å². The lowest BCUT2D eigenvalue weighted by atomic mass is 9.93. The van der Waals surface area contributed by atoms with E-state index < -0.39 is 6.29 Å². The van der Waals surface area contributed by atoms with Crippen molar-refractivity contribution in [2.45, 2.75) is 38.4 Å². The molecule has 0 spiro atoms. The molecule has 34 heavy (non-hydrogen) atoms. The highest BCUT2D eigenvalue weighted by molar-refractivity contribution is 14.1. The molecule has 1 heterocycles. The topological polar surface area (TPSA) is 67.8 Å². The maximum Gasteiger partial charge on any atom is 0.286 e. The van der Waals surface area contributed by atoms with E-state index in [-0.39, 0.29) is 36.6 Å². The van der Waals surface area contributed by atoms with Gasteiger partial charge >= 0.3 is 0 Å². The highest BCUT2D eigenvalue weighted by atomic mass is 127. The second-order valence-corrected chi connectivity index (χ2v) is 9.31. The summed E-state index contributed by atoms with van der Waals surface area (Å²) >= 11 is 2.26. The molecule has 0 saturated carbocycles. The van der Waals surface area contributed by atoms with Crippen LogP contribution in [0.2, 0.25) is 0 Å². The molecule has 4 rings (SSSR count). The van der Waals surface area contributed by atoms with Crippen molar-refractivity contribution in [1.82, 2.24) is 5.32 Å². The van der Waals surface area contributed by atoms with Gasteiger partial charge in [-0.25, -0.2) is 4.39 Å². The van der Waals surface area contributed by atoms with Crippen molar-refractivity contribution in [1.29, 1.82) is 0 Å². The molecule has 1 aliphatic heterocycles. The molecule has 0 aliphatic carbocycles. The van der Waals surface area contributed by atoms with Crippen LogP contribution in [-0.4, -0.2) is 17.3 Å². The first-order chi connectivity index (χ1) is 16.5. The Balaban J connectivity index is 1.46. The molecule has 176 valence electrons. The molecule has 1 aliphatic rings. The molecular weight excluding hydrogens is 548 g/mol. The number of ether oxygens (including phenoxy) is 2. The number of allylic oxidation sites excluding steroid dienone is 1. The third-order valence-corrected chi connectivity index (χ3v) is 6.31. The molecule has 0 radical (unpaired) electrons. The van der Waals surface area contributed by atoms with Crippen molar-refractivity contribution in [3.8, 4) is 0 Å². The number of aliphatic hydroxyl groups excluding tert-OH is 1. The molecule has 1 amide bonds. The highest BCUT2D eigenvalue weighted by Gasteiger charge is 2.28. The van der Waals surface area contributed by atoms with Crippen LogP contribution in [0.4, 0.5) is 4.39 Å². The van der Waals surface area contributed by atoms with Crippen LogP contribution in [0.1, 0.15) is 34.6 Å². The van der Waals surface area contributed by atoms with Crippen LogP contribution >= 0.6 is 22.6 Å². The number of halogens is 2. The van der Waals surface area contributed by atoms with Crippen molar-refractivity contribution in [2.24, 2.45) is 0 Å². The molecule has 3 aromatic carbocycles. The summed E-state index contributed by atoms with van der Waals surface area (Å²) in [5.41, 5.74) is 3.65. The SMILES string of the molecule is O=C(NCc1ccc(F)cc1)C1=C[C@@H](c2ccc(I)cc2)C[C@@H](OCc2ccc(CO)cc2)O1. The van der Waals surface area contributed by atoms with E-state index in [4.69, 9.17) is 9.47 Å². The van der Waals surface area contributed by atoms with Crippen LogP contribution in [0.3, 0.4) is 0 Å². The number of nitrogens with one attached hydrogen (secondary N) is 1. The monoisotopic (exact) mass is 573 g/mol. The number of rotatable bonds is 8. The molecule has 2 atom stereocenters. The first kappa shape index (κ1) is 24.4. The lowest BCUT2D eigenvalue weighted by Gasteiger charge is -2.29. The van der Waals surface area contributed by atoms with Gasteiger partial charge in [-0.3, -0.25) is 4.79 Å². The second kappa shape index (κ2) is 11.6. The molecule has 3 aromatic rings. The Morgan fingerprint density at radius 3 is 2.32 bits per heavy atom. The van der Waals surface area contributed by atoms with Gasteiger partial charge in [0.15, 0.2) is 5.76 Å². The van der Waals surface area contributed by atoms with E-state index in [2.05, 4.69) is 27.9 Å². The minimum absolute atomic E-state index is 0.00818. The van der Waals surface area contributed by atoms with Crippen molar-refractivity contribution in [3.05, 3.63) is 116 Å². The largest absolute Gasteiger partial charge is 0.459 e. The predicted molar refractivity (Wildman–Crippen MR) is 135 cm³/mol. The second-order valence-electron chi connectivity index (χ2n) is 8.07. The minimum Gasteiger partial charge on any atom is -0.459 e. The van der Waals surface area contributed by atoms with Gasteiger partial charge in [-0.05, 0) is 75.2 Å². The Hall–Kier alpha value is -2.75. The lowest BCUT2D eigenvalue weighted by Crippen LogP contribution is -2.32. The smallest absolute Gasteiger partial charge is 0.286 e. The normalized spacial score (nSPS) is 17.6. The fourth-order valence-electron chi connectivity index (χ4n) is 3.66. The third kappa shape index (κ3) is 6.65. The quantitative estimate of drug-likeness (QED) is 0.365. The maximum atomic E-state index is 13.1. The number of amides is 1. The van der Waals surface area contributed by atoms with Gasteiger partial charge in [0, 0.05) is 22.5 Å². The summed E-state index contributed by atoms with van der Waals surface area (Å²) in [6.45, 7) is 0.572. The molecule has 0 saturated heterocycles. The molecule has 0 unspecified atom stereocenters. The van der Waals surface area contributed by atoms with Crippen LogP contribution in [0, 0.1) is 9.39 Å². The number of hydrogen-bond donors (Lipinski definition) is 2. The maximum absolute atomic E-state index is 13.1. The average molecular weight is 573 g/mol. The van der Waals surface area contributed by atoms with E-state index in [1.54, 1.807) is 12.1 Å². The number of benzene rings is 3. The van der Waals surface area contributed by atoms with Crippen LogP contribution in [0.25, 0.3) is 0 Å². The van der Waals surface area contributed by atoms with Gasteiger partial charge < -0.3 is 19.9 Å². The summed E-state index contributed by atoms with van der Waals surface area (Å²) in [4.78, 5) is 12.9. The first-order valence-electron chi connectivity index (χ1n) is 11.0. The molecule has 0 aromatic heterocycles. The van der Waals surface area contributed by atoms with Crippen molar-refractivity contribution < 1.29 is 23.8 Å². The summed E-state index contributed by atoms with van der Waals surface area (Å²) in [6.07, 6.45) is 1.81. The Morgan fingerprint density at radius 1 is 1.00 bits per heavy atom. The Morgan fingerprint density at radius 2 is 1.65 bits per heavy atom. The summed E-state index contributed by atoms with van der Waals surface area (Å²) < 4.78 is 26.2. The Bertz CT molecular complexity index is 1130. The number of aliphatic hydroxyl groups is 1. The molecule has 0 fully saturated rings. The zero-order chi connectivity index (χ0) is 23.9. The van der Waals surface area contributed by atoms with Crippen molar-refractivity contribution >= 4 is 28.5 Å². The van der Waals surface area contributed by atoms with Crippen LogP contribution in [0.15, 0.2) is 84.6 Å². The van der Waals surface area contributed by atoms with Gasteiger partial charge in [0.2, 0.25) is 6.29 Å². The fourth-order valence-corrected chi connectivity index (χ4v) is 4.02. The van der Waals surface area contributed by atoms with Crippen LogP contribution < -0.4 is 5.32 Å². The molecule has 5 nitrogen and oxygen atoms in total. The Kier molecular flexibility index (Phi) is 8.31. The number of carbonyl (C=O) groups is 1. The van der Waals surface area contributed by atoms with Crippen molar-refractivity contribution in [2.75, 3.05) is 0 Å². The highest BCUT2D eigenvalue weighted by Crippen LogP contribution is 2.32. The lowest BCUT2D eigenvalue weighted by molar-refractivity contribution is -0.150. The molecule has 0 bridgehead atoms. The van der Waals surface area contributed by atoms with E-state index in [1.807, 2.05) is 54.6 Å². The van der Waals surface area contributed by atoms with Crippen LogP contribution in [0.5, 0.6) is 0 Å². The van der Waals surface area contributed by atoms with E-state index in [1.165, 1.54) is 12.1 Å². The van der Waals surface area contributed by atoms with Gasteiger partial charge in [0.1, 0.15) is 5.82 Å². The van der Waals surface area contributed by atoms with E-state index in [0.717, 1.165) is 25.8 Å². The average Bonchev–Trinajstić information content (AvgIpc) is 2.87. The van der Waals surface area contributed by atoms with Gasteiger partial charge in [0.05, 0.1) is 13.2 Å². The summed E-state index contributed by atoms with van der Waals surface area (Å²) in [5.74, 6) is -0.503. The summed E-state index contributed by atoms with van der Waals surface area (Å²) in [7, 11) is 0. The number of carbonyl (C=O) groups excluding carboxylic acids is 1. The van der Waals surface area contributed by atoms with Gasteiger partial charge in [0.25, 0.3) is 5.91 Å². The van der Waals surface area contributed by atoms with Gasteiger partial charge in [-0.15, -0.1) is 0 Å². The number of hydrogen-bond acceptors (Lipinski definition) is 4. The molecule has 7 heteroatoms. The first-order valence-corrected chi connectivity index (χ1v) is 12.0. The standard InChI is InChI=1S/C27H25FINO4/c28-23-9-5-18(6-10-23)15-30-27(32)25-13-22(21-7-11-24(29)12-8-21)14-26(34-25)33-17-20-3-1-19(16-31)2-4-20/h1-13,22,26,31H,14-17H2,(H,30,32)/t22-,26+/m1/s1. The van der Waals surface area contributed by atoms with Crippen molar-refractivity contribution in [3.63, 3.8) is 0 Å². The predicted octanol–water partition coefficient (Wildman–Crippen LogP) is 5.17. The van der Waals surface area contributed by atoms with Gasteiger partial charge in [-0.2, -0.15) is 0 Å². The molecular formula is C27H25FINO4. The van der Waals surface area contributed by atoms with Crippen LogP contribution in [-0.2, 0) is 34.0 Å².